The van der Waals surface area contributed by atoms with Gasteiger partial charge in [-0.05, 0) is 40.0 Å². The molecule has 0 amide bonds. The van der Waals surface area contributed by atoms with Crippen molar-refractivity contribution in [1.82, 2.24) is 0 Å². The molecule has 1 rings (SSSR count). The van der Waals surface area contributed by atoms with Gasteiger partial charge in [0.1, 0.15) is 11.6 Å². The molecule has 0 atom stereocenters. The highest BCUT2D eigenvalue weighted by atomic mass is 79.9. The van der Waals surface area contributed by atoms with Crippen LogP contribution >= 0.6 is 27.7 Å². The summed E-state index contributed by atoms with van der Waals surface area (Å²) in [5, 5.41) is 0.0686. The first-order valence-electron chi connectivity index (χ1n) is 4.95. The summed E-state index contributed by atoms with van der Waals surface area (Å²) in [5.41, 5.74) is 0.469. The Morgan fingerprint density at radius 3 is 2.53 bits per heavy atom. The number of hydrogen-bond donors (Lipinski definition) is 0. The summed E-state index contributed by atoms with van der Waals surface area (Å²) in [6, 6.07) is 2.50. The second-order valence-electron chi connectivity index (χ2n) is 3.33. The van der Waals surface area contributed by atoms with Crippen molar-refractivity contribution in [3.05, 3.63) is 39.9 Å². The maximum atomic E-state index is 13.2. The molecule has 0 saturated carbocycles. The van der Waals surface area contributed by atoms with E-state index in [0.29, 0.717) is 17.7 Å². The van der Waals surface area contributed by atoms with E-state index in [1.807, 2.05) is 0 Å². The van der Waals surface area contributed by atoms with Gasteiger partial charge in [0.25, 0.3) is 0 Å². The predicted molar refractivity (Wildman–Crippen MR) is 70.8 cm³/mol. The SMILES string of the molecule is CC(=O)SCCC=Cc1cc(F)c(Br)c(F)c1. The summed E-state index contributed by atoms with van der Waals surface area (Å²) in [5.74, 6) is -0.571. The maximum Gasteiger partial charge on any atom is 0.185 e. The van der Waals surface area contributed by atoms with Gasteiger partial charge in [0, 0.05) is 12.7 Å². The van der Waals surface area contributed by atoms with Crippen molar-refractivity contribution in [3.8, 4) is 0 Å². The van der Waals surface area contributed by atoms with Gasteiger partial charge < -0.3 is 0 Å². The number of halogens is 3. The number of carbonyl (C=O) groups is 1. The third kappa shape index (κ3) is 5.00. The number of benzene rings is 1. The summed E-state index contributed by atoms with van der Waals surface area (Å²) >= 11 is 4.04. The Balaban J connectivity index is 2.57. The largest absolute Gasteiger partial charge is 0.288 e. The van der Waals surface area contributed by atoms with Crippen molar-refractivity contribution in [3.63, 3.8) is 0 Å². The zero-order valence-electron chi connectivity index (χ0n) is 9.17. The Kier molecular flexibility index (Phi) is 5.85. The fraction of sp³-hybridized carbons (Fsp3) is 0.250. The average molecular weight is 321 g/mol. The van der Waals surface area contributed by atoms with Gasteiger partial charge in [0.2, 0.25) is 0 Å². The zero-order valence-corrected chi connectivity index (χ0v) is 11.6. The standard InChI is InChI=1S/C12H11BrF2OS/c1-8(16)17-5-3-2-4-9-6-10(14)12(13)11(15)7-9/h2,4,6-7H,3,5H2,1H3. The van der Waals surface area contributed by atoms with Crippen molar-refractivity contribution in [1.29, 1.82) is 0 Å². The molecular formula is C12H11BrF2OS. The van der Waals surface area contributed by atoms with E-state index < -0.39 is 11.6 Å². The Morgan fingerprint density at radius 2 is 2.00 bits per heavy atom. The lowest BCUT2D eigenvalue weighted by atomic mass is 10.2. The zero-order chi connectivity index (χ0) is 12.8. The van der Waals surface area contributed by atoms with Crippen molar-refractivity contribution in [2.24, 2.45) is 0 Å². The molecule has 0 N–H and O–H groups in total. The third-order valence-electron chi connectivity index (χ3n) is 1.91. The number of allylic oxidation sites excluding steroid dienone is 1. The van der Waals surface area contributed by atoms with Crippen LogP contribution in [-0.2, 0) is 4.79 Å². The lowest BCUT2D eigenvalue weighted by molar-refractivity contribution is -0.109. The number of carbonyl (C=O) groups excluding carboxylic acids is 1. The van der Waals surface area contributed by atoms with Gasteiger partial charge in [0.15, 0.2) is 5.12 Å². The van der Waals surface area contributed by atoms with E-state index in [-0.39, 0.29) is 9.59 Å². The van der Waals surface area contributed by atoms with E-state index >= 15 is 0 Å². The molecule has 0 aliphatic heterocycles. The average Bonchev–Trinajstić information content (AvgIpc) is 2.25. The van der Waals surface area contributed by atoms with Crippen LogP contribution in [0, 0.1) is 11.6 Å². The third-order valence-corrected chi connectivity index (χ3v) is 3.51. The minimum absolute atomic E-state index is 0.0686. The molecule has 0 unspecified atom stereocenters. The van der Waals surface area contributed by atoms with E-state index in [0.717, 1.165) is 0 Å². The second kappa shape index (κ2) is 6.91. The van der Waals surface area contributed by atoms with E-state index in [9.17, 15) is 13.6 Å². The van der Waals surface area contributed by atoms with Crippen LogP contribution in [-0.4, -0.2) is 10.9 Å². The molecule has 0 fully saturated rings. The Labute approximate surface area is 111 Å². The Hall–Kier alpha value is -0.680. The minimum Gasteiger partial charge on any atom is -0.288 e. The first-order chi connectivity index (χ1) is 8.00. The molecule has 0 aliphatic rings. The molecule has 0 radical (unpaired) electrons. The molecule has 92 valence electrons. The van der Waals surface area contributed by atoms with Gasteiger partial charge in [0.05, 0.1) is 4.47 Å². The first-order valence-corrected chi connectivity index (χ1v) is 6.73. The summed E-state index contributed by atoms with van der Waals surface area (Å²) in [4.78, 5) is 10.6. The van der Waals surface area contributed by atoms with E-state index in [4.69, 9.17) is 0 Å². The van der Waals surface area contributed by atoms with Gasteiger partial charge in [-0.3, -0.25) is 4.79 Å². The van der Waals surface area contributed by atoms with Gasteiger partial charge >= 0.3 is 0 Å². The Morgan fingerprint density at radius 1 is 1.41 bits per heavy atom. The van der Waals surface area contributed by atoms with E-state index in [1.54, 1.807) is 12.2 Å². The van der Waals surface area contributed by atoms with Crippen LogP contribution in [0.5, 0.6) is 0 Å². The normalized spacial score (nSPS) is 11.1. The lowest BCUT2D eigenvalue weighted by Gasteiger charge is -1.99. The molecule has 0 aliphatic carbocycles. The highest BCUT2D eigenvalue weighted by molar-refractivity contribution is 9.10. The van der Waals surface area contributed by atoms with Crippen LogP contribution in [0.2, 0.25) is 0 Å². The smallest absolute Gasteiger partial charge is 0.185 e. The molecule has 0 spiro atoms. The van der Waals surface area contributed by atoms with Crippen molar-refractivity contribution >= 4 is 38.9 Å². The van der Waals surface area contributed by atoms with Crippen molar-refractivity contribution in [2.45, 2.75) is 13.3 Å². The van der Waals surface area contributed by atoms with E-state index in [1.165, 1.54) is 30.8 Å². The molecule has 0 bridgehead atoms. The number of rotatable bonds is 4. The highest BCUT2D eigenvalue weighted by Gasteiger charge is 2.06. The van der Waals surface area contributed by atoms with Gasteiger partial charge in [-0.2, -0.15) is 0 Å². The van der Waals surface area contributed by atoms with Crippen LogP contribution in [0.4, 0.5) is 8.78 Å². The minimum atomic E-state index is -0.622. The molecular weight excluding hydrogens is 310 g/mol. The predicted octanol–water partition coefficient (Wildman–Crippen LogP) is 4.41. The van der Waals surface area contributed by atoms with Crippen molar-refractivity contribution < 1.29 is 13.6 Å². The van der Waals surface area contributed by atoms with Crippen molar-refractivity contribution in [2.75, 3.05) is 5.75 Å². The van der Waals surface area contributed by atoms with Crippen LogP contribution < -0.4 is 0 Å². The summed E-state index contributed by atoms with van der Waals surface area (Å²) in [6.07, 6.45) is 4.11. The fourth-order valence-corrected chi connectivity index (χ4v) is 1.93. The molecule has 1 nitrogen and oxygen atoms in total. The summed E-state index contributed by atoms with van der Waals surface area (Å²) in [6.45, 7) is 1.51. The molecule has 5 heteroatoms. The molecule has 17 heavy (non-hydrogen) atoms. The Bertz CT molecular complexity index is 423. The summed E-state index contributed by atoms with van der Waals surface area (Å²) < 4.78 is 26.2. The molecule has 0 saturated heterocycles. The fourth-order valence-electron chi connectivity index (χ4n) is 1.16. The second-order valence-corrected chi connectivity index (χ2v) is 5.39. The quantitative estimate of drug-likeness (QED) is 0.603. The number of thioether (sulfide) groups is 1. The van der Waals surface area contributed by atoms with Crippen LogP contribution in [0.1, 0.15) is 18.9 Å². The molecule has 0 aromatic heterocycles. The number of hydrogen-bond acceptors (Lipinski definition) is 2. The van der Waals surface area contributed by atoms with E-state index in [2.05, 4.69) is 15.9 Å². The van der Waals surface area contributed by atoms with Crippen LogP contribution in [0.25, 0.3) is 6.08 Å². The lowest BCUT2D eigenvalue weighted by Crippen LogP contribution is -1.86. The van der Waals surface area contributed by atoms with Gasteiger partial charge in [-0.15, -0.1) is 0 Å². The monoisotopic (exact) mass is 320 g/mol. The first kappa shape index (κ1) is 14.4. The summed E-state index contributed by atoms with van der Waals surface area (Å²) in [7, 11) is 0. The molecule has 1 aromatic carbocycles. The topological polar surface area (TPSA) is 17.1 Å². The molecule has 1 aromatic rings. The molecule has 0 heterocycles. The van der Waals surface area contributed by atoms with Crippen LogP contribution in [0.3, 0.4) is 0 Å². The van der Waals surface area contributed by atoms with Gasteiger partial charge in [-0.25, -0.2) is 8.78 Å². The highest BCUT2D eigenvalue weighted by Crippen LogP contribution is 2.21. The maximum absolute atomic E-state index is 13.2. The van der Waals surface area contributed by atoms with Gasteiger partial charge in [-0.1, -0.05) is 23.9 Å². The van der Waals surface area contributed by atoms with Crippen LogP contribution in [0.15, 0.2) is 22.7 Å².